The van der Waals surface area contributed by atoms with Gasteiger partial charge < -0.3 is 5.11 Å². The number of halogens is 4. The van der Waals surface area contributed by atoms with Crippen molar-refractivity contribution in [2.24, 2.45) is 0 Å². The van der Waals surface area contributed by atoms with Gasteiger partial charge in [0.25, 0.3) is 10.0 Å². The Morgan fingerprint density at radius 1 is 0.956 bits per heavy atom. The van der Waals surface area contributed by atoms with Crippen molar-refractivity contribution >= 4 is 49.8 Å². The molecule has 0 amide bonds. The highest BCUT2D eigenvalue weighted by molar-refractivity contribution is 7.90. The van der Waals surface area contributed by atoms with Crippen LogP contribution >= 0.6 is 22.9 Å². The largest absolute Gasteiger partial charge is 0.478 e. The molecule has 6 nitrogen and oxygen atoms in total. The third-order valence-electron chi connectivity index (χ3n) is 7.27. The van der Waals surface area contributed by atoms with E-state index in [0.717, 1.165) is 33.5 Å². The predicted molar refractivity (Wildman–Crippen MR) is 167 cm³/mol. The Balaban J connectivity index is 1.72. The monoisotopic (exact) mass is 662 g/mol. The molecular weight excluding hydrogens is 645 g/mol. The third kappa shape index (κ3) is 5.17. The lowest BCUT2D eigenvalue weighted by Gasteiger charge is -2.15. The molecule has 2 heterocycles. The number of aromatic nitrogens is 1. The second kappa shape index (κ2) is 11.6. The SMILES string of the molecule is N#Cc1sccc1-c1c(-c2cccc(-c3cc(F)c(C(=O)O)cc3Cl)c2)n(S(=O)(=O)c2ccc(CF)cc2)c2ccc(F)cc12. The fourth-order valence-electron chi connectivity index (χ4n) is 5.23. The first kappa shape index (κ1) is 30.1. The van der Waals surface area contributed by atoms with Crippen LogP contribution in [0.5, 0.6) is 0 Å². The molecule has 0 atom stereocenters. The summed E-state index contributed by atoms with van der Waals surface area (Å²) < 4.78 is 72.7. The number of hydrogen-bond donors (Lipinski definition) is 1. The van der Waals surface area contributed by atoms with Crippen LogP contribution < -0.4 is 0 Å². The van der Waals surface area contributed by atoms with E-state index in [0.29, 0.717) is 11.1 Å². The highest BCUT2D eigenvalue weighted by atomic mass is 35.5. The standard InChI is InChI=1S/C33H18ClF3N2O4S2/c34-27-14-25(33(40)41)28(37)15-24(27)19-2-1-3-20(12-19)32-31(23-10-11-44-30(23)17-38)26-13-21(36)6-9-29(26)39(32)45(42,43)22-7-4-18(16-35)5-8-22/h1-15H,16H2,(H,40,41). The quantitative estimate of drug-likeness (QED) is 0.184. The predicted octanol–water partition coefficient (Wildman–Crippen LogP) is 8.91. The van der Waals surface area contributed by atoms with Gasteiger partial charge in [-0.15, -0.1) is 11.3 Å². The summed E-state index contributed by atoms with van der Waals surface area (Å²) in [7, 11) is -4.44. The van der Waals surface area contributed by atoms with E-state index in [4.69, 9.17) is 11.6 Å². The molecule has 45 heavy (non-hydrogen) atoms. The van der Waals surface area contributed by atoms with E-state index in [9.17, 15) is 36.8 Å². The van der Waals surface area contributed by atoms with Crippen molar-refractivity contribution < 1.29 is 31.5 Å². The minimum absolute atomic E-state index is 0.0565. The number of carbonyl (C=O) groups is 1. The Morgan fingerprint density at radius 2 is 1.69 bits per heavy atom. The summed E-state index contributed by atoms with van der Waals surface area (Å²) in [6.07, 6.45) is 0. The lowest BCUT2D eigenvalue weighted by Crippen LogP contribution is -2.14. The van der Waals surface area contributed by atoms with E-state index in [1.165, 1.54) is 36.4 Å². The van der Waals surface area contributed by atoms with Crippen LogP contribution in [0.3, 0.4) is 0 Å². The summed E-state index contributed by atoms with van der Waals surface area (Å²) in [5, 5.41) is 21.0. The molecule has 4 aromatic carbocycles. The maximum atomic E-state index is 14.8. The van der Waals surface area contributed by atoms with Crippen molar-refractivity contribution in [1.82, 2.24) is 3.97 Å². The zero-order valence-corrected chi connectivity index (χ0v) is 25.2. The van der Waals surface area contributed by atoms with Crippen LogP contribution in [0.15, 0.2) is 95.2 Å². The van der Waals surface area contributed by atoms with E-state index in [-0.39, 0.29) is 53.6 Å². The van der Waals surface area contributed by atoms with E-state index < -0.39 is 39.9 Å². The van der Waals surface area contributed by atoms with Crippen LogP contribution in [0.1, 0.15) is 20.8 Å². The van der Waals surface area contributed by atoms with Crippen molar-refractivity contribution in [1.29, 1.82) is 5.26 Å². The van der Waals surface area contributed by atoms with Crippen molar-refractivity contribution in [3.8, 4) is 39.6 Å². The third-order valence-corrected chi connectivity index (χ3v) is 10.1. The molecule has 0 fully saturated rings. The average molecular weight is 663 g/mol. The van der Waals surface area contributed by atoms with Gasteiger partial charge in [0, 0.05) is 32.7 Å². The molecule has 12 heteroatoms. The molecule has 0 aliphatic carbocycles. The highest BCUT2D eigenvalue weighted by Crippen LogP contribution is 2.46. The molecule has 6 rings (SSSR count). The fourth-order valence-corrected chi connectivity index (χ4v) is 7.74. The Labute approximate surface area is 263 Å². The summed E-state index contributed by atoms with van der Waals surface area (Å²) in [5.74, 6) is -3.15. The summed E-state index contributed by atoms with van der Waals surface area (Å²) in [4.78, 5) is 11.5. The molecule has 0 unspecified atom stereocenters. The van der Waals surface area contributed by atoms with Gasteiger partial charge >= 0.3 is 5.97 Å². The lowest BCUT2D eigenvalue weighted by atomic mass is 9.96. The number of rotatable bonds is 7. The van der Waals surface area contributed by atoms with Gasteiger partial charge in [-0.05, 0) is 71.1 Å². The minimum atomic E-state index is -4.44. The van der Waals surface area contributed by atoms with Gasteiger partial charge in [0.1, 0.15) is 29.3 Å². The number of carboxylic acid groups (broad SMARTS) is 1. The van der Waals surface area contributed by atoms with Crippen LogP contribution in [0.4, 0.5) is 13.2 Å². The molecule has 1 N–H and O–H groups in total. The second-order valence-corrected chi connectivity index (χ2v) is 13.0. The first-order valence-corrected chi connectivity index (χ1v) is 15.8. The van der Waals surface area contributed by atoms with Crippen LogP contribution in [0, 0.1) is 23.0 Å². The number of nitrogens with zero attached hydrogens (tertiary/aromatic N) is 2. The Morgan fingerprint density at radius 3 is 2.38 bits per heavy atom. The molecular formula is C33H18ClF3N2O4S2. The molecule has 224 valence electrons. The molecule has 0 spiro atoms. The molecule has 0 aliphatic heterocycles. The van der Waals surface area contributed by atoms with E-state index >= 15 is 0 Å². The molecule has 2 aromatic heterocycles. The number of fused-ring (bicyclic) bond motifs is 1. The zero-order chi connectivity index (χ0) is 32.0. The van der Waals surface area contributed by atoms with Crippen molar-refractivity contribution in [3.63, 3.8) is 0 Å². The van der Waals surface area contributed by atoms with Gasteiger partial charge in [-0.1, -0.05) is 41.9 Å². The molecule has 6 aromatic rings. The Bertz CT molecular complexity index is 2310. The first-order valence-electron chi connectivity index (χ1n) is 13.1. The molecule has 0 aliphatic rings. The van der Waals surface area contributed by atoms with Crippen LogP contribution in [-0.4, -0.2) is 23.5 Å². The van der Waals surface area contributed by atoms with Crippen LogP contribution in [0.25, 0.3) is 44.4 Å². The number of carboxylic acids is 1. The molecule has 0 bridgehead atoms. The zero-order valence-electron chi connectivity index (χ0n) is 22.8. The topological polar surface area (TPSA) is 100 Å². The van der Waals surface area contributed by atoms with Crippen molar-refractivity contribution in [3.05, 3.63) is 123 Å². The van der Waals surface area contributed by atoms with E-state index in [1.54, 1.807) is 35.7 Å². The van der Waals surface area contributed by atoms with Crippen LogP contribution in [-0.2, 0) is 16.7 Å². The maximum absolute atomic E-state index is 14.8. The van der Waals surface area contributed by atoms with E-state index in [2.05, 4.69) is 6.07 Å². The highest BCUT2D eigenvalue weighted by Gasteiger charge is 2.30. The normalized spacial score (nSPS) is 11.5. The van der Waals surface area contributed by atoms with Crippen LogP contribution in [0.2, 0.25) is 5.02 Å². The number of alkyl halides is 1. The second-order valence-electron chi connectivity index (χ2n) is 9.91. The summed E-state index contributed by atoms with van der Waals surface area (Å²) >= 11 is 7.52. The lowest BCUT2D eigenvalue weighted by molar-refractivity contribution is 0.0692. The summed E-state index contributed by atoms with van der Waals surface area (Å²) in [6.45, 7) is -0.792. The van der Waals surface area contributed by atoms with E-state index in [1.807, 2.05) is 0 Å². The number of benzene rings is 4. The van der Waals surface area contributed by atoms with Gasteiger partial charge in [-0.25, -0.2) is 30.4 Å². The van der Waals surface area contributed by atoms with Crippen molar-refractivity contribution in [2.45, 2.75) is 11.6 Å². The summed E-state index contributed by atoms with van der Waals surface area (Å²) in [5.41, 5.74) is 1.26. The number of aromatic carboxylic acids is 1. The molecule has 0 radical (unpaired) electrons. The average Bonchev–Trinajstić information content (AvgIpc) is 3.64. The van der Waals surface area contributed by atoms with Gasteiger partial charge in [0.2, 0.25) is 0 Å². The number of hydrogen-bond acceptors (Lipinski definition) is 5. The fraction of sp³-hybridized carbons (Fsp3) is 0.0303. The van der Waals surface area contributed by atoms with Gasteiger partial charge in [0.05, 0.1) is 21.7 Å². The number of thiophene rings is 1. The van der Waals surface area contributed by atoms with Crippen molar-refractivity contribution in [2.75, 3.05) is 0 Å². The number of nitriles is 1. The molecule has 0 saturated carbocycles. The minimum Gasteiger partial charge on any atom is -0.478 e. The molecule has 0 saturated heterocycles. The van der Waals surface area contributed by atoms with Gasteiger partial charge in [-0.2, -0.15) is 5.26 Å². The van der Waals surface area contributed by atoms with Gasteiger partial charge in [-0.3, -0.25) is 0 Å². The Hall–Kier alpha value is -4.89. The van der Waals surface area contributed by atoms with Gasteiger partial charge in [0.15, 0.2) is 0 Å². The summed E-state index contributed by atoms with van der Waals surface area (Å²) in [6, 6.07) is 20.9. The first-order chi connectivity index (χ1) is 21.5. The smallest absolute Gasteiger partial charge is 0.338 e. The maximum Gasteiger partial charge on any atom is 0.338 e. The Kier molecular flexibility index (Phi) is 7.74.